The average molecular weight is 359 g/mol. The second kappa shape index (κ2) is 9.57. The van der Waals surface area contributed by atoms with Gasteiger partial charge in [-0.3, -0.25) is 4.57 Å². The number of nitrogens with one attached hydrogen (secondary N) is 1. The van der Waals surface area contributed by atoms with Crippen molar-refractivity contribution in [3.8, 4) is 0 Å². The molecule has 0 amide bonds. The van der Waals surface area contributed by atoms with E-state index in [0.29, 0.717) is 13.2 Å². The second-order valence-electron chi connectivity index (χ2n) is 5.59. The summed E-state index contributed by atoms with van der Waals surface area (Å²) in [5.74, 6) is 1.57. The minimum atomic E-state index is -3.24. The molecule has 2 aromatic rings. The van der Waals surface area contributed by atoms with Crippen molar-refractivity contribution in [1.82, 2.24) is 5.32 Å². The SMILES string of the molecule is CCOP(=O)(/C=C(\C)NC(c1ccccc1)c1ccccc1)OCC. The molecule has 0 spiro atoms. The van der Waals surface area contributed by atoms with Gasteiger partial charge in [0.05, 0.1) is 19.3 Å². The number of hydrogen-bond acceptors (Lipinski definition) is 4. The second-order valence-corrected chi connectivity index (χ2v) is 7.44. The van der Waals surface area contributed by atoms with Crippen molar-refractivity contribution >= 4 is 7.60 Å². The van der Waals surface area contributed by atoms with E-state index in [-0.39, 0.29) is 6.04 Å². The average Bonchev–Trinajstić information content (AvgIpc) is 2.61. The van der Waals surface area contributed by atoms with Crippen LogP contribution in [0.25, 0.3) is 0 Å². The van der Waals surface area contributed by atoms with Gasteiger partial charge in [-0.1, -0.05) is 60.7 Å². The number of rotatable bonds is 9. The van der Waals surface area contributed by atoms with Crippen LogP contribution in [-0.4, -0.2) is 13.2 Å². The molecule has 0 saturated heterocycles. The monoisotopic (exact) mass is 359 g/mol. The van der Waals surface area contributed by atoms with Gasteiger partial charge in [-0.25, -0.2) is 0 Å². The lowest BCUT2D eigenvalue weighted by atomic mass is 9.98. The lowest BCUT2D eigenvalue weighted by Gasteiger charge is -2.22. The molecule has 0 aliphatic carbocycles. The summed E-state index contributed by atoms with van der Waals surface area (Å²) in [4.78, 5) is 0. The van der Waals surface area contributed by atoms with Gasteiger partial charge in [0.25, 0.3) is 0 Å². The highest BCUT2D eigenvalue weighted by molar-refractivity contribution is 7.57. The highest BCUT2D eigenvalue weighted by Crippen LogP contribution is 2.50. The third kappa shape index (κ3) is 5.86. The van der Waals surface area contributed by atoms with Gasteiger partial charge in [-0.2, -0.15) is 0 Å². The van der Waals surface area contributed by atoms with E-state index in [1.54, 1.807) is 19.7 Å². The van der Waals surface area contributed by atoms with Crippen molar-refractivity contribution in [3.63, 3.8) is 0 Å². The van der Waals surface area contributed by atoms with E-state index in [0.717, 1.165) is 16.8 Å². The molecule has 5 heteroatoms. The lowest BCUT2D eigenvalue weighted by Crippen LogP contribution is -2.20. The Morgan fingerprint density at radius 3 is 1.80 bits per heavy atom. The summed E-state index contributed by atoms with van der Waals surface area (Å²) in [6.45, 7) is 6.16. The third-order valence-corrected chi connectivity index (χ3v) is 5.55. The van der Waals surface area contributed by atoms with E-state index in [1.807, 2.05) is 43.3 Å². The highest BCUT2D eigenvalue weighted by atomic mass is 31.2. The fraction of sp³-hybridized carbons (Fsp3) is 0.300. The Bertz CT molecular complexity index is 667. The van der Waals surface area contributed by atoms with Crippen molar-refractivity contribution in [1.29, 1.82) is 0 Å². The maximum Gasteiger partial charge on any atom is 0.355 e. The summed E-state index contributed by atoms with van der Waals surface area (Å²) >= 11 is 0. The largest absolute Gasteiger partial charge is 0.377 e. The zero-order valence-electron chi connectivity index (χ0n) is 15.0. The van der Waals surface area contributed by atoms with Crippen LogP contribution >= 0.6 is 7.60 Å². The zero-order chi connectivity index (χ0) is 18.1. The molecule has 0 heterocycles. The van der Waals surface area contributed by atoms with Gasteiger partial charge in [0.1, 0.15) is 0 Å². The van der Waals surface area contributed by atoms with Crippen LogP contribution in [0.15, 0.2) is 72.2 Å². The Morgan fingerprint density at radius 1 is 0.960 bits per heavy atom. The van der Waals surface area contributed by atoms with Crippen LogP contribution in [0.5, 0.6) is 0 Å². The summed E-state index contributed by atoms with van der Waals surface area (Å²) in [5.41, 5.74) is 3.01. The zero-order valence-corrected chi connectivity index (χ0v) is 15.9. The number of allylic oxidation sites excluding steroid dienone is 1. The molecular formula is C20H26NO3P. The van der Waals surface area contributed by atoms with E-state index in [9.17, 15) is 4.57 Å². The van der Waals surface area contributed by atoms with Crippen molar-refractivity contribution in [3.05, 3.63) is 83.3 Å². The van der Waals surface area contributed by atoms with Crippen molar-refractivity contribution in [2.24, 2.45) is 0 Å². The van der Waals surface area contributed by atoms with E-state index in [1.165, 1.54) is 0 Å². The predicted octanol–water partition coefficient (Wildman–Crippen LogP) is 5.49. The van der Waals surface area contributed by atoms with Crippen molar-refractivity contribution in [2.75, 3.05) is 13.2 Å². The molecule has 2 rings (SSSR count). The quantitative estimate of drug-likeness (QED) is 0.601. The summed E-state index contributed by atoms with van der Waals surface area (Å²) in [7, 11) is -3.24. The molecule has 4 nitrogen and oxygen atoms in total. The van der Waals surface area contributed by atoms with Crippen LogP contribution in [0.1, 0.15) is 37.9 Å². The first-order chi connectivity index (χ1) is 12.1. The van der Waals surface area contributed by atoms with Crippen LogP contribution in [0.3, 0.4) is 0 Å². The molecular weight excluding hydrogens is 333 g/mol. The molecule has 0 atom stereocenters. The van der Waals surface area contributed by atoms with E-state index < -0.39 is 7.60 Å². The van der Waals surface area contributed by atoms with Gasteiger partial charge >= 0.3 is 7.60 Å². The molecule has 1 N–H and O–H groups in total. The van der Waals surface area contributed by atoms with Gasteiger partial charge in [-0.15, -0.1) is 0 Å². The molecule has 0 radical (unpaired) electrons. The van der Waals surface area contributed by atoms with Crippen LogP contribution < -0.4 is 5.32 Å². The molecule has 0 aromatic heterocycles. The van der Waals surface area contributed by atoms with Crippen LogP contribution in [-0.2, 0) is 13.6 Å². The standard InChI is InChI=1S/C20H26NO3P/c1-4-23-25(22,24-5-2)16-17(3)21-20(18-12-8-6-9-13-18)19-14-10-7-11-15-19/h6-16,20-21H,4-5H2,1-3H3/b17-16+. The van der Waals surface area contributed by atoms with Crippen LogP contribution in [0.4, 0.5) is 0 Å². The van der Waals surface area contributed by atoms with Crippen molar-refractivity contribution in [2.45, 2.75) is 26.8 Å². The normalized spacial score (nSPS) is 12.4. The minimum absolute atomic E-state index is 0.0460. The lowest BCUT2D eigenvalue weighted by molar-refractivity contribution is 0.228. The van der Waals surface area contributed by atoms with Gasteiger partial charge in [0, 0.05) is 11.5 Å². The summed E-state index contributed by atoms with van der Waals surface area (Å²) in [6.07, 6.45) is 0. The first kappa shape index (κ1) is 19.5. The van der Waals surface area contributed by atoms with Crippen LogP contribution in [0.2, 0.25) is 0 Å². The van der Waals surface area contributed by atoms with E-state index >= 15 is 0 Å². The smallest absolute Gasteiger partial charge is 0.355 e. The van der Waals surface area contributed by atoms with Gasteiger partial charge in [0.15, 0.2) is 0 Å². The first-order valence-corrected chi connectivity index (χ1v) is 10.1. The molecule has 0 bridgehead atoms. The third-order valence-electron chi connectivity index (χ3n) is 3.61. The molecule has 0 unspecified atom stereocenters. The molecule has 0 aliphatic rings. The fourth-order valence-electron chi connectivity index (χ4n) is 2.62. The maximum atomic E-state index is 12.7. The van der Waals surface area contributed by atoms with Gasteiger partial charge < -0.3 is 14.4 Å². The Morgan fingerprint density at radius 2 is 1.40 bits per heavy atom. The number of benzene rings is 2. The topological polar surface area (TPSA) is 47.6 Å². The molecule has 2 aromatic carbocycles. The molecule has 0 saturated carbocycles. The summed E-state index contributed by atoms with van der Waals surface area (Å²) < 4.78 is 23.4. The van der Waals surface area contributed by atoms with E-state index in [2.05, 4.69) is 29.6 Å². The molecule has 25 heavy (non-hydrogen) atoms. The van der Waals surface area contributed by atoms with Gasteiger partial charge in [0.2, 0.25) is 0 Å². The van der Waals surface area contributed by atoms with Crippen molar-refractivity contribution < 1.29 is 13.6 Å². The summed E-state index contributed by atoms with van der Waals surface area (Å²) in [6, 6.07) is 20.3. The summed E-state index contributed by atoms with van der Waals surface area (Å²) in [5, 5.41) is 3.45. The van der Waals surface area contributed by atoms with E-state index in [4.69, 9.17) is 9.05 Å². The predicted molar refractivity (Wildman–Crippen MR) is 102 cm³/mol. The highest BCUT2D eigenvalue weighted by Gasteiger charge is 2.22. The Balaban J connectivity index is 2.30. The Hall–Kier alpha value is -1.87. The fourth-order valence-corrected chi connectivity index (χ4v) is 4.12. The Kier molecular flexibility index (Phi) is 7.45. The first-order valence-electron chi connectivity index (χ1n) is 8.52. The minimum Gasteiger partial charge on any atom is -0.377 e. The number of hydrogen-bond donors (Lipinski definition) is 1. The Labute approximate surface area is 150 Å². The van der Waals surface area contributed by atoms with Gasteiger partial charge in [-0.05, 0) is 31.9 Å². The van der Waals surface area contributed by atoms with Crippen LogP contribution in [0, 0.1) is 0 Å². The molecule has 0 aliphatic heterocycles. The molecule has 134 valence electrons. The maximum absolute atomic E-state index is 12.7. The molecule has 0 fully saturated rings.